The molecule has 88 valence electrons. The molecule has 1 saturated heterocycles. The van der Waals surface area contributed by atoms with Crippen LogP contribution in [0.5, 0.6) is 0 Å². The second-order valence-electron chi connectivity index (χ2n) is 4.31. The van der Waals surface area contributed by atoms with Crippen LogP contribution in [0.3, 0.4) is 0 Å². The Morgan fingerprint density at radius 1 is 1.53 bits per heavy atom. The summed E-state index contributed by atoms with van der Waals surface area (Å²) < 4.78 is 5.40. The number of rotatable bonds is 6. The van der Waals surface area contributed by atoms with Gasteiger partial charge in [0.1, 0.15) is 0 Å². The van der Waals surface area contributed by atoms with Gasteiger partial charge in [-0.15, -0.1) is 0 Å². The molecule has 1 aliphatic heterocycles. The largest absolute Gasteiger partial charge is 0.378 e. The molecule has 1 amide bonds. The van der Waals surface area contributed by atoms with E-state index in [0.717, 1.165) is 32.5 Å². The lowest BCUT2D eigenvalue weighted by molar-refractivity contribution is -0.123. The summed E-state index contributed by atoms with van der Waals surface area (Å²) in [5.74, 6) is 0.591. The van der Waals surface area contributed by atoms with Gasteiger partial charge in [-0.1, -0.05) is 6.92 Å². The average molecular weight is 214 g/mol. The standard InChI is InChI=1S/C11H22N2O2/c1-9(7-12-2)8-13-11(14)6-10-4-3-5-15-10/h9-10,12H,3-8H2,1-2H3,(H,13,14). The Kier molecular flexibility index (Phi) is 5.65. The highest BCUT2D eigenvalue weighted by atomic mass is 16.5. The second kappa shape index (κ2) is 6.80. The molecule has 2 atom stereocenters. The summed E-state index contributed by atoms with van der Waals surface area (Å²) in [5, 5.41) is 6.02. The zero-order valence-corrected chi connectivity index (χ0v) is 9.71. The first-order valence-corrected chi connectivity index (χ1v) is 5.75. The predicted molar refractivity (Wildman–Crippen MR) is 59.7 cm³/mol. The third kappa shape index (κ3) is 5.14. The molecule has 2 N–H and O–H groups in total. The van der Waals surface area contributed by atoms with E-state index in [2.05, 4.69) is 17.6 Å². The number of hydrogen-bond acceptors (Lipinski definition) is 3. The van der Waals surface area contributed by atoms with Crippen molar-refractivity contribution in [1.29, 1.82) is 0 Å². The quantitative estimate of drug-likeness (QED) is 0.678. The van der Waals surface area contributed by atoms with E-state index < -0.39 is 0 Å². The zero-order valence-electron chi connectivity index (χ0n) is 9.71. The van der Waals surface area contributed by atoms with Gasteiger partial charge < -0.3 is 15.4 Å². The summed E-state index contributed by atoms with van der Waals surface area (Å²) in [6.07, 6.45) is 2.80. The lowest BCUT2D eigenvalue weighted by atomic mass is 10.1. The fourth-order valence-electron chi connectivity index (χ4n) is 1.79. The van der Waals surface area contributed by atoms with Crippen molar-refractivity contribution in [2.45, 2.75) is 32.3 Å². The third-order valence-corrected chi connectivity index (χ3v) is 2.64. The van der Waals surface area contributed by atoms with E-state index >= 15 is 0 Å². The highest BCUT2D eigenvalue weighted by molar-refractivity contribution is 5.76. The molecule has 2 unspecified atom stereocenters. The fourth-order valence-corrected chi connectivity index (χ4v) is 1.79. The van der Waals surface area contributed by atoms with Gasteiger partial charge in [-0.2, -0.15) is 0 Å². The number of ether oxygens (including phenoxy) is 1. The Bertz CT molecular complexity index is 191. The molecule has 4 nitrogen and oxygen atoms in total. The number of nitrogens with one attached hydrogen (secondary N) is 2. The molecule has 0 aromatic carbocycles. The van der Waals surface area contributed by atoms with Crippen LogP contribution < -0.4 is 10.6 Å². The molecular formula is C11H22N2O2. The van der Waals surface area contributed by atoms with Gasteiger partial charge in [0.25, 0.3) is 0 Å². The van der Waals surface area contributed by atoms with Gasteiger partial charge in [-0.25, -0.2) is 0 Å². The molecular weight excluding hydrogens is 192 g/mol. The van der Waals surface area contributed by atoms with Crippen molar-refractivity contribution in [2.24, 2.45) is 5.92 Å². The SMILES string of the molecule is CNCC(C)CNC(=O)CC1CCCO1. The normalized spacial score (nSPS) is 22.7. The van der Waals surface area contributed by atoms with Crippen molar-refractivity contribution < 1.29 is 9.53 Å². The van der Waals surface area contributed by atoms with Crippen LogP contribution in [0.2, 0.25) is 0 Å². The summed E-state index contributed by atoms with van der Waals surface area (Å²) in [5.41, 5.74) is 0. The lowest BCUT2D eigenvalue weighted by Crippen LogP contribution is -2.33. The van der Waals surface area contributed by atoms with Gasteiger partial charge in [0.05, 0.1) is 12.5 Å². The number of carbonyl (C=O) groups excluding carboxylic acids is 1. The third-order valence-electron chi connectivity index (χ3n) is 2.64. The minimum Gasteiger partial charge on any atom is -0.378 e. The molecule has 0 bridgehead atoms. The first-order valence-electron chi connectivity index (χ1n) is 5.75. The van der Waals surface area contributed by atoms with Gasteiger partial charge in [0, 0.05) is 13.2 Å². The Hall–Kier alpha value is -0.610. The van der Waals surface area contributed by atoms with E-state index in [1.165, 1.54) is 0 Å². The predicted octanol–water partition coefficient (Wildman–Crippen LogP) is 0.527. The monoisotopic (exact) mass is 214 g/mol. The number of hydrogen-bond donors (Lipinski definition) is 2. The van der Waals surface area contributed by atoms with E-state index in [1.54, 1.807) is 0 Å². The molecule has 0 saturated carbocycles. The molecule has 1 heterocycles. The number of amides is 1. The van der Waals surface area contributed by atoms with Crippen molar-refractivity contribution in [3.63, 3.8) is 0 Å². The van der Waals surface area contributed by atoms with Gasteiger partial charge in [-0.3, -0.25) is 4.79 Å². The summed E-state index contributed by atoms with van der Waals surface area (Å²) in [4.78, 5) is 11.5. The van der Waals surface area contributed by atoms with Crippen LogP contribution in [0.1, 0.15) is 26.2 Å². The molecule has 0 aliphatic carbocycles. The van der Waals surface area contributed by atoms with Crippen LogP contribution in [-0.4, -0.2) is 38.8 Å². The second-order valence-corrected chi connectivity index (χ2v) is 4.31. The first-order chi connectivity index (χ1) is 7.22. The molecule has 4 heteroatoms. The molecule has 15 heavy (non-hydrogen) atoms. The molecule has 0 spiro atoms. The molecule has 0 aromatic rings. The topological polar surface area (TPSA) is 50.4 Å². The summed E-state index contributed by atoms with van der Waals surface area (Å²) in [7, 11) is 1.92. The van der Waals surface area contributed by atoms with Gasteiger partial charge in [-0.05, 0) is 32.4 Å². The summed E-state index contributed by atoms with van der Waals surface area (Å²) >= 11 is 0. The Labute approximate surface area is 91.8 Å². The highest BCUT2D eigenvalue weighted by Crippen LogP contribution is 2.14. The van der Waals surface area contributed by atoms with Crippen LogP contribution >= 0.6 is 0 Å². The van der Waals surface area contributed by atoms with E-state index in [9.17, 15) is 4.79 Å². The van der Waals surface area contributed by atoms with Crippen LogP contribution in [-0.2, 0) is 9.53 Å². The van der Waals surface area contributed by atoms with Crippen molar-refractivity contribution in [2.75, 3.05) is 26.7 Å². The summed E-state index contributed by atoms with van der Waals surface area (Å²) in [6, 6.07) is 0. The lowest BCUT2D eigenvalue weighted by Gasteiger charge is -2.13. The van der Waals surface area contributed by atoms with E-state index in [0.29, 0.717) is 12.3 Å². The molecule has 1 rings (SSSR count). The van der Waals surface area contributed by atoms with Crippen molar-refractivity contribution in [3.05, 3.63) is 0 Å². The van der Waals surface area contributed by atoms with Crippen molar-refractivity contribution in [1.82, 2.24) is 10.6 Å². The summed E-state index contributed by atoms with van der Waals surface area (Å²) in [6.45, 7) is 4.60. The minimum atomic E-state index is 0.116. The molecule has 0 aromatic heterocycles. The van der Waals surface area contributed by atoms with Crippen molar-refractivity contribution >= 4 is 5.91 Å². The maximum Gasteiger partial charge on any atom is 0.222 e. The van der Waals surface area contributed by atoms with Gasteiger partial charge in [0.15, 0.2) is 0 Å². The average Bonchev–Trinajstić information content (AvgIpc) is 2.68. The smallest absolute Gasteiger partial charge is 0.222 e. The van der Waals surface area contributed by atoms with Crippen LogP contribution in [0.25, 0.3) is 0 Å². The van der Waals surface area contributed by atoms with Crippen LogP contribution in [0.15, 0.2) is 0 Å². The number of carbonyl (C=O) groups is 1. The van der Waals surface area contributed by atoms with E-state index in [-0.39, 0.29) is 12.0 Å². The molecule has 0 radical (unpaired) electrons. The Balaban J connectivity index is 2.07. The molecule has 1 fully saturated rings. The van der Waals surface area contributed by atoms with Crippen LogP contribution in [0.4, 0.5) is 0 Å². The highest BCUT2D eigenvalue weighted by Gasteiger charge is 2.18. The van der Waals surface area contributed by atoms with E-state index in [4.69, 9.17) is 4.74 Å². The zero-order chi connectivity index (χ0) is 11.1. The Morgan fingerprint density at radius 3 is 2.93 bits per heavy atom. The van der Waals surface area contributed by atoms with E-state index in [1.807, 2.05) is 7.05 Å². The van der Waals surface area contributed by atoms with Gasteiger partial charge >= 0.3 is 0 Å². The molecule has 1 aliphatic rings. The minimum absolute atomic E-state index is 0.116. The van der Waals surface area contributed by atoms with Gasteiger partial charge in [0.2, 0.25) is 5.91 Å². The van der Waals surface area contributed by atoms with Crippen LogP contribution in [0, 0.1) is 5.92 Å². The van der Waals surface area contributed by atoms with Crippen molar-refractivity contribution in [3.8, 4) is 0 Å². The maximum atomic E-state index is 11.5. The first kappa shape index (κ1) is 12.5. The Morgan fingerprint density at radius 2 is 2.33 bits per heavy atom. The maximum absolute atomic E-state index is 11.5. The fraction of sp³-hybridized carbons (Fsp3) is 0.909.